The van der Waals surface area contributed by atoms with Gasteiger partial charge >= 0.3 is 0 Å². The molecule has 13 heteroatoms. The Morgan fingerprint density at radius 2 is 1.78 bits per heavy atom. The maximum absolute atomic E-state index is 13.1. The van der Waals surface area contributed by atoms with Crippen molar-refractivity contribution in [3.8, 4) is 16.9 Å². The Kier molecular flexibility index (Phi) is 14.3. The number of ether oxygens (including phenoxy) is 3. The van der Waals surface area contributed by atoms with Crippen molar-refractivity contribution in [3.63, 3.8) is 0 Å². The van der Waals surface area contributed by atoms with Gasteiger partial charge in [0.15, 0.2) is 6.10 Å². The molecule has 2 aromatic carbocycles. The van der Waals surface area contributed by atoms with Crippen molar-refractivity contribution < 1.29 is 49.6 Å². The van der Waals surface area contributed by atoms with Crippen LogP contribution in [0.1, 0.15) is 48.8 Å². The average Bonchev–Trinajstić information content (AvgIpc) is 4.10. The monoisotopic (exact) mass is 726 g/mol. The topological polar surface area (TPSA) is 182 Å². The highest BCUT2D eigenvalue weighted by Crippen LogP contribution is 2.53. The molecular formula is C38H50N2O10S. The molecule has 1 heterocycles. The number of aliphatic hydroxyl groups is 6. The zero-order chi connectivity index (χ0) is 36.4. The highest BCUT2D eigenvalue weighted by Gasteiger charge is 2.48. The molecule has 278 valence electrons. The van der Waals surface area contributed by atoms with Gasteiger partial charge in [-0.1, -0.05) is 24.3 Å². The van der Waals surface area contributed by atoms with Crippen LogP contribution in [0.2, 0.25) is 0 Å². The van der Waals surface area contributed by atoms with Gasteiger partial charge in [0.1, 0.15) is 24.1 Å². The summed E-state index contributed by atoms with van der Waals surface area (Å²) in [6.45, 7) is 1.94. The fourth-order valence-corrected chi connectivity index (χ4v) is 6.74. The fourth-order valence-electron chi connectivity index (χ4n) is 5.84. The first kappa shape index (κ1) is 39.1. The van der Waals surface area contributed by atoms with E-state index in [9.17, 15) is 25.2 Å². The largest absolute Gasteiger partial charge is 0.490 e. The van der Waals surface area contributed by atoms with E-state index in [1.807, 2.05) is 42.7 Å². The second kappa shape index (κ2) is 18.6. The molecule has 0 aliphatic heterocycles. The number of hydrogen-bond acceptors (Lipinski definition) is 12. The van der Waals surface area contributed by atoms with Gasteiger partial charge in [-0.15, -0.1) is 11.8 Å². The van der Waals surface area contributed by atoms with Gasteiger partial charge in [0, 0.05) is 41.5 Å². The normalized spacial score (nSPS) is 17.4. The van der Waals surface area contributed by atoms with Crippen molar-refractivity contribution in [2.45, 2.75) is 86.7 Å². The van der Waals surface area contributed by atoms with Crippen LogP contribution in [0, 0.1) is 6.92 Å². The number of hydrogen-bond donors (Lipinski definition) is 6. The van der Waals surface area contributed by atoms with E-state index >= 15 is 0 Å². The molecule has 51 heavy (non-hydrogen) atoms. The van der Waals surface area contributed by atoms with Crippen molar-refractivity contribution >= 4 is 17.7 Å². The molecule has 0 saturated heterocycles. The molecule has 4 atom stereocenters. The van der Waals surface area contributed by atoms with Crippen molar-refractivity contribution in [1.29, 1.82) is 0 Å². The number of amides is 1. The van der Waals surface area contributed by atoms with Gasteiger partial charge in [-0.2, -0.15) is 0 Å². The second-order valence-electron chi connectivity index (χ2n) is 13.1. The first-order chi connectivity index (χ1) is 24.7. The van der Waals surface area contributed by atoms with E-state index in [1.165, 1.54) is 4.90 Å². The first-order valence-electron chi connectivity index (χ1n) is 17.5. The number of aromatic nitrogens is 1. The van der Waals surface area contributed by atoms with Crippen LogP contribution < -0.4 is 4.74 Å². The SMILES string of the molecule is Cc1ccc(SCCCN(CCOCCO)C(=O)[C@@H](O)[C@@H](O)[C@H](O)[C@@H](O)CO)cc1COC1(c2cnccc2-c2ccccc2OC2CC2)CC1. The Hall–Kier alpha value is -3.11. The van der Waals surface area contributed by atoms with Gasteiger partial charge in [0.25, 0.3) is 5.91 Å². The lowest BCUT2D eigenvalue weighted by molar-refractivity contribution is -0.159. The summed E-state index contributed by atoms with van der Waals surface area (Å²) in [5.74, 6) is 0.682. The van der Waals surface area contributed by atoms with Crippen molar-refractivity contribution in [3.05, 3.63) is 77.6 Å². The van der Waals surface area contributed by atoms with Gasteiger partial charge in [0.2, 0.25) is 0 Å². The van der Waals surface area contributed by atoms with E-state index in [0.29, 0.717) is 18.8 Å². The summed E-state index contributed by atoms with van der Waals surface area (Å²) in [7, 11) is 0. The van der Waals surface area contributed by atoms with E-state index in [2.05, 4.69) is 30.1 Å². The number of aryl methyl sites for hydroxylation is 1. The zero-order valence-electron chi connectivity index (χ0n) is 29.0. The first-order valence-corrected chi connectivity index (χ1v) is 18.5. The molecule has 0 radical (unpaired) electrons. The van der Waals surface area contributed by atoms with E-state index in [1.54, 1.807) is 11.8 Å². The Balaban J connectivity index is 1.19. The molecule has 2 fully saturated rings. The highest BCUT2D eigenvalue weighted by molar-refractivity contribution is 7.99. The number of pyridine rings is 1. The number of para-hydroxylation sites is 1. The van der Waals surface area contributed by atoms with Crippen LogP contribution in [-0.2, 0) is 26.5 Å². The third-order valence-electron chi connectivity index (χ3n) is 9.24. The predicted molar refractivity (Wildman–Crippen MR) is 191 cm³/mol. The number of carbonyl (C=O) groups is 1. The van der Waals surface area contributed by atoms with Crippen LogP contribution in [0.5, 0.6) is 5.75 Å². The lowest BCUT2D eigenvalue weighted by Crippen LogP contribution is -2.53. The molecule has 0 spiro atoms. The maximum Gasteiger partial charge on any atom is 0.254 e. The minimum atomic E-state index is -2.02. The third kappa shape index (κ3) is 10.5. The van der Waals surface area contributed by atoms with Crippen LogP contribution >= 0.6 is 11.8 Å². The molecular weight excluding hydrogens is 676 g/mol. The fraction of sp³-hybridized carbons (Fsp3) is 0.526. The molecule has 1 amide bonds. The van der Waals surface area contributed by atoms with Gasteiger partial charge in [-0.3, -0.25) is 9.78 Å². The Morgan fingerprint density at radius 3 is 2.51 bits per heavy atom. The highest BCUT2D eigenvalue weighted by atomic mass is 32.2. The second-order valence-corrected chi connectivity index (χ2v) is 14.3. The molecule has 5 rings (SSSR count). The van der Waals surface area contributed by atoms with E-state index in [0.717, 1.165) is 64.1 Å². The van der Waals surface area contributed by atoms with Crippen molar-refractivity contribution in [2.24, 2.45) is 0 Å². The Morgan fingerprint density at radius 1 is 1.00 bits per heavy atom. The summed E-state index contributed by atoms with van der Waals surface area (Å²) in [5.41, 5.74) is 4.96. The van der Waals surface area contributed by atoms with E-state index in [4.69, 9.17) is 24.4 Å². The van der Waals surface area contributed by atoms with Crippen LogP contribution in [0.15, 0.2) is 65.8 Å². The average molecular weight is 727 g/mol. The third-order valence-corrected chi connectivity index (χ3v) is 10.3. The summed E-state index contributed by atoms with van der Waals surface area (Å²) >= 11 is 1.62. The van der Waals surface area contributed by atoms with Crippen molar-refractivity contribution in [2.75, 3.05) is 45.3 Å². The maximum atomic E-state index is 13.1. The summed E-state index contributed by atoms with van der Waals surface area (Å²) in [4.78, 5) is 19.9. The minimum Gasteiger partial charge on any atom is -0.490 e. The van der Waals surface area contributed by atoms with Crippen molar-refractivity contribution in [1.82, 2.24) is 9.88 Å². The molecule has 1 aromatic heterocycles. The van der Waals surface area contributed by atoms with Gasteiger partial charge in [-0.05, 0) is 85.7 Å². The quantitative estimate of drug-likeness (QED) is 0.0659. The van der Waals surface area contributed by atoms with Gasteiger partial charge in [-0.25, -0.2) is 0 Å². The number of rotatable bonds is 22. The molecule has 12 nitrogen and oxygen atoms in total. The molecule has 3 aromatic rings. The van der Waals surface area contributed by atoms with Crippen LogP contribution in [0.3, 0.4) is 0 Å². The van der Waals surface area contributed by atoms with E-state index in [-0.39, 0.29) is 39.0 Å². The molecule has 2 saturated carbocycles. The Labute approximate surface area is 303 Å². The summed E-state index contributed by atoms with van der Waals surface area (Å²) in [6.07, 6.45) is 0.876. The predicted octanol–water partition coefficient (Wildman–Crippen LogP) is 2.56. The number of aliphatic hydroxyl groups excluding tert-OH is 6. The Bertz CT molecular complexity index is 1570. The number of nitrogens with zero attached hydrogens (tertiary/aromatic N) is 2. The molecule has 0 unspecified atom stereocenters. The molecule has 0 bridgehead atoms. The minimum absolute atomic E-state index is 0.0808. The molecule has 2 aliphatic rings. The summed E-state index contributed by atoms with van der Waals surface area (Å²) in [5, 5.41) is 58.4. The summed E-state index contributed by atoms with van der Waals surface area (Å²) < 4.78 is 18.3. The zero-order valence-corrected chi connectivity index (χ0v) is 29.8. The lowest BCUT2D eigenvalue weighted by Gasteiger charge is -2.30. The van der Waals surface area contributed by atoms with Gasteiger partial charge in [0.05, 0.1) is 44.7 Å². The van der Waals surface area contributed by atoms with Crippen LogP contribution in [-0.4, -0.2) is 122 Å². The van der Waals surface area contributed by atoms with Crippen LogP contribution in [0.25, 0.3) is 11.1 Å². The van der Waals surface area contributed by atoms with E-state index < -0.39 is 42.5 Å². The standard InChI is InChI=1S/C38H50N2O10S/c1-25-7-10-28(51-20-4-15-40(16-18-48-19-17-41)37(47)36(46)35(45)34(44)32(43)23-42)21-26(25)24-49-38(12-13-38)31-22-39-14-11-29(31)30-5-2-3-6-33(30)50-27-8-9-27/h2-3,5-7,10-11,14,21-22,27,32,34-36,41-46H,4,8-9,12-13,15-20,23-24H2,1H3/t32-,34+,35-,36-/m0/s1. The molecule has 6 N–H and O–H groups in total. The number of thioether (sulfide) groups is 1. The smallest absolute Gasteiger partial charge is 0.254 e. The number of carbonyl (C=O) groups excluding carboxylic acids is 1. The number of benzene rings is 2. The summed E-state index contributed by atoms with van der Waals surface area (Å²) in [6, 6.07) is 16.4. The lowest BCUT2D eigenvalue weighted by atomic mass is 9.96. The molecule has 2 aliphatic carbocycles. The van der Waals surface area contributed by atoms with Gasteiger partial charge < -0.3 is 49.7 Å². The van der Waals surface area contributed by atoms with Crippen LogP contribution in [0.4, 0.5) is 0 Å².